The minimum Gasteiger partial charge on any atom is -0.389 e. The Bertz CT molecular complexity index is 644. The highest BCUT2D eigenvalue weighted by atomic mass is 35.5. The molecular weight excluding hydrogens is 296 g/mol. The zero-order valence-electron chi connectivity index (χ0n) is 11.4. The van der Waals surface area contributed by atoms with Crippen molar-refractivity contribution in [3.63, 3.8) is 0 Å². The lowest BCUT2D eigenvalue weighted by Gasteiger charge is -2.14. The molecule has 0 radical (unpaired) electrons. The van der Waals surface area contributed by atoms with Crippen molar-refractivity contribution in [2.75, 3.05) is 11.9 Å². The molecule has 0 saturated carbocycles. The van der Waals surface area contributed by atoms with Gasteiger partial charge >= 0.3 is 5.69 Å². The molecule has 112 valence electrons. The zero-order chi connectivity index (χ0) is 15.4. The standard InChI is InChI=1S/C13H15ClN4O3/c1-9-2-3-13(12(14)4-9)15-6-11(19)8-17-7-10(5-16-17)18(20)21/h2-5,7,11,15,19H,6,8H2,1H3. The molecule has 2 rings (SSSR count). The van der Waals surface area contributed by atoms with Crippen LogP contribution in [0.2, 0.25) is 5.02 Å². The average molecular weight is 311 g/mol. The molecule has 7 nitrogen and oxygen atoms in total. The molecule has 1 unspecified atom stereocenters. The SMILES string of the molecule is Cc1ccc(NCC(O)Cn2cc([N+](=O)[O-])cn2)c(Cl)c1. The van der Waals surface area contributed by atoms with Crippen LogP contribution in [0.15, 0.2) is 30.6 Å². The van der Waals surface area contributed by atoms with Gasteiger partial charge in [-0.25, -0.2) is 0 Å². The van der Waals surface area contributed by atoms with Crippen molar-refractivity contribution in [2.24, 2.45) is 0 Å². The van der Waals surface area contributed by atoms with Gasteiger partial charge < -0.3 is 10.4 Å². The maximum atomic E-state index is 10.5. The number of benzene rings is 1. The summed E-state index contributed by atoms with van der Waals surface area (Å²) in [5, 5.41) is 27.9. The number of halogens is 1. The van der Waals surface area contributed by atoms with Gasteiger partial charge in [-0.3, -0.25) is 14.8 Å². The van der Waals surface area contributed by atoms with Crippen LogP contribution in [0, 0.1) is 17.0 Å². The Morgan fingerprint density at radius 3 is 2.95 bits per heavy atom. The van der Waals surface area contributed by atoms with E-state index in [9.17, 15) is 15.2 Å². The van der Waals surface area contributed by atoms with Crippen molar-refractivity contribution in [1.29, 1.82) is 0 Å². The number of anilines is 1. The molecular formula is C13H15ClN4O3. The number of aryl methyl sites for hydroxylation is 1. The molecule has 21 heavy (non-hydrogen) atoms. The van der Waals surface area contributed by atoms with Crippen LogP contribution in [-0.4, -0.2) is 32.5 Å². The molecule has 2 N–H and O–H groups in total. The maximum absolute atomic E-state index is 10.5. The summed E-state index contributed by atoms with van der Waals surface area (Å²) in [5.41, 5.74) is 1.68. The van der Waals surface area contributed by atoms with Crippen LogP contribution in [0.4, 0.5) is 11.4 Å². The van der Waals surface area contributed by atoms with Gasteiger partial charge in [-0.15, -0.1) is 0 Å². The molecule has 0 aliphatic heterocycles. The van der Waals surface area contributed by atoms with Crippen LogP contribution < -0.4 is 5.32 Å². The normalized spacial score (nSPS) is 12.1. The van der Waals surface area contributed by atoms with Gasteiger partial charge in [-0.2, -0.15) is 5.10 Å². The lowest BCUT2D eigenvalue weighted by atomic mass is 10.2. The Morgan fingerprint density at radius 1 is 1.57 bits per heavy atom. The lowest BCUT2D eigenvalue weighted by molar-refractivity contribution is -0.385. The summed E-state index contributed by atoms with van der Waals surface area (Å²) in [6.45, 7) is 2.36. The van der Waals surface area contributed by atoms with Crippen molar-refractivity contribution in [2.45, 2.75) is 19.6 Å². The van der Waals surface area contributed by atoms with Gasteiger partial charge in [0, 0.05) is 6.54 Å². The van der Waals surface area contributed by atoms with Crippen LogP contribution in [-0.2, 0) is 6.54 Å². The van der Waals surface area contributed by atoms with Crippen molar-refractivity contribution in [3.05, 3.63) is 51.3 Å². The highest BCUT2D eigenvalue weighted by Gasteiger charge is 2.12. The highest BCUT2D eigenvalue weighted by Crippen LogP contribution is 2.22. The van der Waals surface area contributed by atoms with Gasteiger partial charge in [0.15, 0.2) is 0 Å². The molecule has 1 aromatic carbocycles. The van der Waals surface area contributed by atoms with Crippen LogP contribution >= 0.6 is 11.6 Å². The third kappa shape index (κ3) is 4.17. The van der Waals surface area contributed by atoms with E-state index in [1.807, 2.05) is 25.1 Å². The molecule has 1 heterocycles. The predicted molar refractivity (Wildman–Crippen MR) is 79.6 cm³/mol. The molecule has 1 atom stereocenters. The summed E-state index contributed by atoms with van der Waals surface area (Å²) in [4.78, 5) is 10.0. The molecule has 0 aliphatic carbocycles. The van der Waals surface area contributed by atoms with Crippen LogP contribution in [0.3, 0.4) is 0 Å². The van der Waals surface area contributed by atoms with E-state index in [-0.39, 0.29) is 18.8 Å². The van der Waals surface area contributed by atoms with Crippen LogP contribution in [0.5, 0.6) is 0 Å². The van der Waals surface area contributed by atoms with Gasteiger partial charge in [0.05, 0.1) is 28.3 Å². The van der Waals surface area contributed by atoms with Crippen molar-refractivity contribution in [1.82, 2.24) is 9.78 Å². The molecule has 0 fully saturated rings. The van der Waals surface area contributed by atoms with Crippen LogP contribution in [0.1, 0.15) is 5.56 Å². The highest BCUT2D eigenvalue weighted by molar-refractivity contribution is 6.33. The molecule has 0 bridgehead atoms. The topological polar surface area (TPSA) is 93.2 Å². The molecule has 2 aromatic rings. The second-order valence-electron chi connectivity index (χ2n) is 4.70. The fraction of sp³-hybridized carbons (Fsp3) is 0.308. The number of nitro groups is 1. The van der Waals surface area contributed by atoms with Gasteiger partial charge in [-0.1, -0.05) is 17.7 Å². The fourth-order valence-electron chi connectivity index (χ4n) is 1.82. The third-order valence-electron chi connectivity index (χ3n) is 2.88. The Morgan fingerprint density at radius 2 is 2.33 bits per heavy atom. The van der Waals surface area contributed by atoms with Crippen LogP contribution in [0.25, 0.3) is 0 Å². The number of aliphatic hydroxyl groups is 1. The van der Waals surface area contributed by atoms with Gasteiger partial charge in [-0.05, 0) is 24.6 Å². The Kier molecular flexibility index (Phi) is 4.77. The monoisotopic (exact) mass is 310 g/mol. The Hall–Kier alpha value is -2.12. The number of nitrogens with zero attached hydrogens (tertiary/aromatic N) is 3. The number of hydrogen-bond acceptors (Lipinski definition) is 5. The first-order valence-corrected chi connectivity index (χ1v) is 6.68. The van der Waals surface area contributed by atoms with E-state index in [0.29, 0.717) is 5.02 Å². The average Bonchev–Trinajstić information content (AvgIpc) is 2.86. The summed E-state index contributed by atoms with van der Waals surface area (Å²) in [7, 11) is 0. The number of aliphatic hydroxyl groups excluding tert-OH is 1. The number of hydrogen-bond donors (Lipinski definition) is 2. The maximum Gasteiger partial charge on any atom is 0.306 e. The second-order valence-corrected chi connectivity index (χ2v) is 5.10. The summed E-state index contributed by atoms with van der Waals surface area (Å²) in [6.07, 6.45) is 1.68. The Labute approximate surface area is 126 Å². The minimum atomic E-state index is -0.748. The van der Waals surface area contributed by atoms with Crippen molar-refractivity contribution < 1.29 is 10.0 Å². The first kappa shape index (κ1) is 15.3. The molecule has 1 aromatic heterocycles. The number of rotatable bonds is 6. The van der Waals surface area contributed by atoms with E-state index in [4.69, 9.17) is 11.6 Å². The second kappa shape index (κ2) is 6.55. The smallest absolute Gasteiger partial charge is 0.306 e. The first-order chi connectivity index (χ1) is 9.95. The molecule has 0 saturated heterocycles. The fourth-order valence-corrected chi connectivity index (χ4v) is 2.12. The van der Waals surface area contributed by atoms with E-state index in [0.717, 1.165) is 17.4 Å². The van der Waals surface area contributed by atoms with E-state index in [1.165, 1.54) is 10.9 Å². The van der Waals surface area contributed by atoms with Gasteiger partial charge in [0.25, 0.3) is 0 Å². The lowest BCUT2D eigenvalue weighted by Crippen LogP contribution is -2.25. The van der Waals surface area contributed by atoms with Crippen molar-refractivity contribution in [3.8, 4) is 0 Å². The van der Waals surface area contributed by atoms with Gasteiger partial charge in [0.2, 0.25) is 0 Å². The quantitative estimate of drug-likeness (QED) is 0.630. The Balaban J connectivity index is 1.89. The zero-order valence-corrected chi connectivity index (χ0v) is 12.1. The summed E-state index contributed by atoms with van der Waals surface area (Å²) in [5.74, 6) is 0. The largest absolute Gasteiger partial charge is 0.389 e. The molecule has 8 heteroatoms. The van der Waals surface area contributed by atoms with Gasteiger partial charge in [0.1, 0.15) is 12.4 Å². The predicted octanol–water partition coefficient (Wildman–Crippen LogP) is 2.23. The van der Waals surface area contributed by atoms with E-state index < -0.39 is 11.0 Å². The number of aromatic nitrogens is 2. The summed E-state index contributed by atoms with van der Waals surface area (Å²) >= 11 is 6.07. The molecule has 0 aliphatic rings. The van der Waals surface area contributed by atoms with E-state index in [1.54, 1.807) is 0 Å². The summed E-state index contributed by atoms with van der Waals surface area (Å²) < 4.78 is 1.33. The molecule has 0 spiro atoms. The van der Waals surface area contributed by atoms with E-state index >= 15 is 0 Å². The summed E-state index contributed by atoms with van der Waals surface area (Å²) in [6, 6.07) is 5.58. The minimum absolute atomic E-state index is 0.100. The third-order valence-corrected chi connectivity index (χ3v) is 3.19. The van der Waals surface area contributed by atoms with E-state index in [2.05, 4.69) is 10.4 Å². The van der Waals surface area contributed by atoms with Crippen molar-refractivity contribution >= 4 is 23.0 Å². The first-order valence-electron chi connectivity index (χ1n) is 6.30. The number of nitrogens with one attached hydrogen (secondary N) is 1. The molecule has 0 amide bonds.